The third-order valence-corrected chi connectivity index (χ3v) is 16.0. The first kappa shape index (κ1) is 70.7. The highest BCUT2D eigenvalue weighted by Crippen LogP contribution is 2.22. The first-order valence-corrected chi connectivity index (χ1v) is 33.7. The molecule has 0 saturated carbocycles. The van der Waals surface area contributed by atoms with Crippen molar-refractivity contribution in [3.05, 3.63) is 12.2 Å². The van der Waals surface area contributed by atoms with E-state index in [0.717, 1.165) is 51.6 Å². The SMILES string of the molecule is CCCCCCCCCCCCCCCCCCCCCCCC/C=C/CCCCCCCCCCCCCCC(CC(=O)OCCCCCCCC)C(=O)N(CCCCCCCC)CCCCCCCC. The zero-order valence-corrected chi connectivity index (χ0v) is 50.1. The number of ether oxygens (including phenoxy) is 1. The van der Waals surface area contributed by atoms with Crippen molar-refractivity contribution < 1.29 is 14.3 Å². The van der Waals surface area contributed by atoms with Gasteiger partial charge in [0.15, 0.2) is 0 Å². The number of amides is 1. The minimum absolute atomic E-state index is 0.158. The Morgan fingerprint density at radius 3 is 0.875 bits per heavy atom. The van der Waals surface area contributed by atoms with Crippen LogP contribution in [0.2, 0.25) is 0 Å². The van der Waals surface area contributed by atoms with Gasteiger partial charge in [0.2, 0.25) is 5.91 Å². The highest BCUT2D eigenvalue weighted by atomic mass is 16.5. The maximum atomic E-state index is 14.2. The Labute approximate surface area is 454 Å². The molecule has 0 aliphatic heterocycles. The second-order valence-electron chi connectivity index (χ2n) is 23.3. The van der Waals surface area contributed by atoms with Crippen molar-refractivity contribution in [1.29, 1.82) is 0 Å². The van der Waals surface area contributed by atoms with Crippen LogP contribution in [0.5, 0.6) is 0 Å². The predicted octanol–water partition coefficient (Wildman–Crippen LogP) is 23.5. The van der Waals surface area contributed by atoms with Crippen molar-refractivity contribution in [2.45, 2.75) is 387 Å². The number of carbonyl (C=O) groups is 2. The monoisotopic (exact) mass is 1010 g/mol. The van der Waals surface area contributed by atoms with Gasteiger partial charge in [0.05, 0.1) is 13.0 Å². The van der Waals surface area contributed by atoms with Crippen LogP contribution in [0.25, 0.3) is 0 Å². The van der Waals surface area contributed by atoms with Gasteiger partial charge < -0.3 is 9.64 Å². The third kappa shape index (κ3) is 54.9. The van der Waals surface area contributed by atoms with Crippen LogP contribution < -0.4 is 0 Å². The molecular formula is C68H133NO3. The molecule has 1 amide bonds. The normalized spacial score (nSPS) is 12.1. The lowest BCUT2D eigenvalue weighted by molar-refractivity contribution is -0.149. The van der Waals surface area contributed by atoms with E-state index in [9.17, 15) is 9.59 Å². The van der Waals surface area contributed by atoms with Crippen molar-refractivity contribution in [3.63, 3.8) is 0 Å². The van der Waals surface area contributed by atoms with Crippen molar-refractivity contribution >= 4 is 11.9 Å². The fourth-order valence-electron chi connectivity index (χ4n) is 10.9. The lowest BCUT2D eigenvalue weighted by Gasteiger charge is -2.27. The summed E-state index contributed by atoms with van der Waals surface area (Å²) in [5.74, 6) is -0.160. The molecule has 0 aromatic heterocycles. The van der Waals surface area contributed by atoms with Crippen molar-refractivity contribution in [2.24, 2.45) is 5.92 Å². The second-order valence-corrected chi connectivity index (χ2v) is 23.3. The van der Waals surface area contributed by atoms with Gasteiger partial charge in [0, 0.05) is 19.0 Å². The molecule has 0 aliphatic carbocycles. The average Bonchev–Trinajstić information content (AvgIpc) is 3.38. The number of esters is 1. The molecule has 1 unspecified atom stereocenters. The molecule has 0 radical (unpaired) electrons. The molecule has 4 heteroatoms. The van der Waals surface area contributed by atoms with Crippen molar-refractivity contribution in [3.8, 4) is 0 Å². The van der Waals surface area contributed by atoms with E-state index in [1.54, 1.807) is 0 Å². The summed E-state index contributed by atoms with van der Waals surface area (Å²) in [6.45, 7) is 11.3. The van der Waals surface area contributed by atoms with Gasteiger partial charge in [-0.1, -0.05) is 342 Å². The highest BCUT2D eigenvalue weighted by molar-refractivity contribution is 5.83. The Bertz CT molecular complexity index is 1060. The molecular weight excluding hydrogens is 879 g/mol. The van der Waals surface area contributed by atoms with Gasteiger partial charge in [-0.15, -0.1) is 0 Å². The standard InChI is InChI=1S/C68H133NO3/c1-5-9-13-17-21-22-23-24-25-26-27-28-29-30-31-32-33-34-35-36-37-38-39-40-41-42-43-44-45-46-47-48-49-50-51-52-53-57-61-66(65-67(70)72-64-60-56-20-16-12-8-4)68(71)69(62-58-54-18-14-10-6-2)63-59-55-19-15-11-7-3/h40-41,66H,5-39,42-65H2,1-4H3/b41-40+. The molecule has 72 heavy (non-hydrogen) atoms. The predicted molar refractivity (Wildman–Crippen MR) is 321 cm³/mol. The lowest BCUT2D eigenvalue weighted by Crippen LogP contribution is -2.38. The summed E-state index contributed by atoms with van der Waals surface area (Å²) in [5, 5.41) is 0. The molecule has 0 heterocycles. The van der Waals surface area contributed by atoms with Crippen LogP contribution in [0.15, 0.2) is 12.2 Å². The van der Waals surface area contributed by atoms with Gasteiger partial charge in [0.25, 0.3) is 0 Å². The third-order valence-electron chi connectivity index (χ3n) is 16.0. The Kier molecular flexibility index (Phi) is 61.1. The van der Waals surface area contributed by atoms with Gasteiger partial charge >= 0.3 is 5.97 Å². The summed E-state index contributed by atoms with van der Waals surface area (Å²) in [5.41, 5.74) is 0. The Morgan fingerprint density at radius 2 is 0.569 bits per heavy atom. The van der Waals surface area contributed by atoms with Gasteiger partial charge in [-0.2, -0.15) is 0 Å². The molecule has 0 spiro atoms. The first-order chi connectivity index (χ1) is 35.6. The minimum atomic E-state index is -0.230. The molecule has 0 saturated heterocycles. The molecule has 0 bridgehead atoms. The zero-order valence-electron chi connectivity index (χ0n) is 50.1. The summed E-state index contributed by atoms with van der Waals surface area (Å²) < 4.78 is 5.75. The highest BCUT2D eigenvalue weighted by Gasteiger charge is 2.27. The van der Waals surface area contributed by atoms with Crippen LogP contribution in [0.4, 0.5) is 0 Å². The molecule has 428 valence electrons. The van der Waals surface area contributed by atoms with E-state index >= 15 is 0 Å². The summed E-state index contributed by atoms with van der Waals surface area (Å²) >= 11 is 0. The molecule has 0 aromatic carbocycles. The van der Waals surface area contributed by atoms with Crippen molar-refractivity contribution in [1.82, 2.24) is 4.90 Å². The smallest absolute Gasteiger partial charge is 0.306 e. The zero-order chi connectivity index (χ0) is 52.2. The molecule has 0 aromatic rings. The van der Waals surface area contributed by atoms with E-state index in [0.29, 0.717) is 6.61 Å². The van der Waals surface area contributed by atoms with Crippen LogP contribution in [0.3, 0.4) is 0 Å². The van der Waals surface area contributed by atoms with E-state index < -0.39 is 0 Å². The number of allylic oxidation sites excluding steroid dienone is 2. The Hall–Kier alpha value is -1.32. The first-order valence-electron chi connectivity index (χ1n) is 33.7. The van der Waals surface area contributed by atoms with E-state index in [1.807, 2.05) is 0 Å². The van der Waals surface area contributed by atoms with Gasteiger partial charge in [-0.05, 0) is 51.4 Å². The minimum Gasteiger partial charge on any atom is -0.466 e. The van der Waals surface area contributed by atoms with E-state index in [4.69, 9.17) is 4.74 Å². The maximum Gasteiger partial charge on any atom is 0.306 e. The fraction of sp³-hybridized carbons (Fsp3) is 0.941. The summed E-state index contributed by atoms with van der Waals surface area (Å²) in [7, 11) is 0. The van der Waals surface area contributed by atoms with E-state index in [1.165, 1.54) is 315 Å². The maximum absolute atomic E-state index is 14.2. The topological polar surface area (TPSA) is 46.6 Å². The van der Waals surface area contributed by atoms with Gasteiger partial charge in [-0.3, -0.25) is 9.59 Å². The molecule has 4 nitrogen and oxygen atoms in total. The molecule has 0 fully saturated rings. The van der Waals surface area contributed by atoms with Crippen LogP contribution in [-0.4, -0.2) is 36.5 Å². The Balaban J connectivity index is 4.06. The number of unbranched alkanes of at least 4 members (excludes halogenated alkanes) is 49. The number of carbonyl (C=O) groups excluding carboxylic acids is 2. The molecule has 0 aliphatic rings. The van der Waals surface area contributed by atoms with Gasteiger partial charge in [-0.25, -0.2) is 0 Å². The molecule has 1 atom stereocenters. The van der Waals surface area contributed by atoms with Crippen LogP contribution in [0, 0.1) is 5.92 Å². The lowest BCUT2D eigenvalue weighted by atomic mass is 9.95. The van der Waals surface area contributed by atoms with E-state index in [2.05, 4.69) is 44.7 Å². The quantitative estimate of drug-likeness (QED) is 0.0346. The number of nitrogens with zero attached hydrogens (tertiary/aromatic N) is 1. The van der Waals surface area contributed by atoms with Crippen LogP contribution in [-0.2, 0) is 14.3 Å². The molecule has 0 rings (SSSR count). The Morgan fingerprint density at radius 1 is 0.319 bits per heavy atom. The second kappa shape index (κ2) is 62.2. The molecule has 0 N–H and O–H groups in total. The number of rotatable bonds is 62. The van der Waals surface area contributed by atoms with Crippen LogP contribution >= 0.6 is 0 Å². The van der Waals surface area contributed by atoms with Crippen LogP contribution in [0.1, 0.15) is 387 Å². The number of hydrogen-bond acceptors (Lipinski definition) is 3. The summed E-state index contributed by atoms with van der Waals surface area (Å²) in [6.07, 6.45) is 78.3. The summed E-state index contributed by atoms with van der Waals surface area (Å²) in [4.78, 5) is 29.5. The number of hydrogen-bond donors (Lipinski definition) is 0. The largest absolute Gasteiger partial charge is 0.466 e. The van der Waals surface area contributed by atoms with Gasteiger partial charge in [0.1, 0.15) is 0 Å². The van der Waals surface area contributed by atoms with Crippen molar-refractivity contribution in [2.75, 3.05) is 19.7 Å². The summed E-state index contributed by atoms with van der Waals surface area (Å²) in [6, 6.07) is 0. The fourth-order valence-corrected chi connectivity index (χ4v) is 10.9. The average molecular weight is 1010 g/mol. The van der Waals surface area contributed by atoms with E-state index in [-0.39, 0.29) is 24.2 Å².